The molecule has 1 aromatic carbocycles. The molecule has 0 bridgehead atoms. The van der Waals surface area contributed by atoms with Crippen molar-refractivity contribution < 1.29 is 19.5 Å². The lowest BCUT2D eigenvalue weighted by Gasteiger charge is -2.33. The molecule has 0 aliphatic carbocycles. The Morgan fingerprint density at radius 3 is 2.33 bits per heavy atom. The fraction of sp³-hybridized carbons (Fsp3) is 0.625. The zero-order chi connectivity index (χ0) is 21.5. The standard InChI is InChI=1S/C24H34N2O4/c1-25-22(28)15-14-21(24(25)30)26-17-20-18(12-10-13-19(20)23(26)29)11-8-6-4-2-3-5-7-9-16-27/h10,12-13,21,27H,2-9,11,14-17H2,1H3. The van der Waals surface area contributed by atoms with Crippen LogP contribution in [0.2, 0.25) is 0 Å². The van der Waals surface area contributed by atoms with Gasteiger partial charge in [-0.2, -0.15) is 0 Å². The molecule has 2 aliphatic heterocycles. The second kappa shape index (κ2) is 10.7. The van der Waals surface area contributed by atoms with Gasteiger partial charge in [0, 0.05) is 32.2 Å². The molecule has 1 atom stereocenters. The summed E-state index contributed by atoms with van der Waals surface area (Å²) in [5.74, 6) is -0.529. The Morgan fingerprint density at radius 1 is 0.967 bits per heavy atom. The Bertz CT molecular complexity index is 776. The molecule has 1 N–H and O–H groups in total. The first-order chi connectivity index (χ1) is 14.5. The predicted octanol–water partition coefficient (Wildman–Crippen LogP) is 3.45. The summed E-state index contributed by atoms with van der Waals surface area (Å²) < 4.78 is 0. The van der Waals surface area contributed by atoms with Gasteiger partial charge < -0.3 is 10.0 Å². The first-order valence-corrected chi connectivity index (χ1v) is 11.4. The maximum absolute atomic E-state index is 13.0. The number of nitrogens with zero attached hydrogens (tertiary/aromatic N) is 2. The Labute approximate surface area is 179 Å². The lowest BCUT2D eigenvalue weighted by molar-refractivity contribution is -0.150. The van der Waals surface area contributed by atoms with Gasteiger partial charge in [-0.25, -0.2) is 0 Å². The van der Waals surface area contributed by atoms with E-state index in [2.05, 4.69) is 6.07 Å². The largest absolute Gasteiger partial charge is 0.396 e. The average Bonchev–Trinajstić information content (AvgIpc) is 3.08. The number of aliphatic hydroxyl groups excluding tert-OH is 1. The highest BCUT2D eigenvalue weighted by molar-refractivity contribution is 6.05. The van der Waals surface area contributed by atoms with Gasteiger partial charge in [-0.15, -0.1) is 0 Å². The summed E-state index contributed by atoms with van der Waals surface area (Å²) in [5, 5.41) is 8.80. The van der Waals surface area contributed by atoms with E-state index in [4.69, 9.17) is 5.11 Å². The Morgan fingerprint density at radius 2 is 1.63 bits per heavy atom. The molecule has 0 radical (unpaired) electrons. The highest BCUT2D eigenvalue weighted by atomic mass is 16.3. The number of imide groups is 1. The first kappa shape index (κ1) is 22.5. The SMILES string of the molecule is CN1C(=O)CCC(N2Cc3c(CCCCCCCCCCO)cccc3C2=O)C1=O. The van der Waals surface area contributed by atoms with Gasteiger partial charge in [0.25, 0.3) is 11.8 Å². The zero-order valence-electron chi connectivity index (χ0n) is 18.1. The van der Waals surface area contributed by atoms with Crippen LogP contribution < -0.4 is 0 Å². The number of benzene rings is 1. The summed E-state index contributed by atoms with van der Waals surface area (Å²) in [4.78, 5) is 40.1. The number of likely N-dealkylation sites (N-methyl/N-ethyl adjacent to an activating group) is 1. The molecule has 2 heterocycles. The summed E-state index contributed by atoms with van der Waals surface area (Å²) in [7, 11) is 1.50. The van der Waals surface area contributed by atoms with Crippen LogP contribution >= 0.6 is 0 Å². The van der Waals surface area contributed by atoms with Gasteiger partial charge in [0.2, 0.25) is 5.91 Å². The van der Waals surface area contributed by atoms with E-state index in [0.29, 0.717) is 31.6 Å². The molecular formula is C24H34N2O4. The first-order valence-electron chi connectivity index (χ1n) is 11.4. The van der Waals surface area contributed by atoms with E-state index in [1.165, 1.54) is 44.7 Å². The number of fused-ring (bicyclic) bond motifs is 1. The van der Waals surface area contributed by atoms with Gasteiger partial charge in [0.05, 0.1) is 0 Å². The molecule has 6 heteroatoms. The van der Waals surface area contributed by atoms with Crippen molar-refractivity contribution in [2.75, 3.05) is 13.7 Å². The van der Waals surface area contributed by atoms with E-state index in [0.717, 1.165) is 36.1 Å². The van der Waals surface area contributed by atoms with Crippen LogP contribution in [0.25, 0.3) is 0 Å². The van der Waals surface area contributed by atoms with Crippen LogP contribution in [0.1, 0.15) is 85.7 Å². The van der Waals surface area contributed by atoms with E-state index in [1.54, 1.807) is 4.90 Å². The number of likely N-dealkylation sites (tertiary alicyclic amines) is 1. The van der Waals surface area contributed by atoms with Crippen molar-refractivity contribution in [3.63, 3.8) is 0 Å². The molecule has 1 fully saturated rings. The van der Waals surface area contributed by atoms with Crippen molar-refractivity contribution in [3.05, 3.63) is 34.9 Å². The quantitative estimate of drug-likeness (QED) is 0.444. The summed E-state index contributed by atoms with van der Waals surface area (Å²) in [6.07, 6.45) is 10.9. The molecule has 164 valence electrons. The molecule has 1 saturated heterocycles. The summed E-state index contributed by atoms with van der Waals surface area (Å²) >= 11 is 0. The zero-order valence-corrected chi connectivity index (χ0v) is 18.1. The average molecular weight is 415 g/mol. The van der Waals surface area contributed by atoms with E-state index >= 15 is 0 Å². The Balaban J connectivity index is 1.51. The number of carbonyl (C=O) groups excluding carboxylic acids is 3. The van der Waals surface area contributed by atoms with Crippen molar-refractivity contribution >= 4 is 17.7 Å². The van der Waals surface area contributed by atoms with Crippen molar-refractivity contribution in [1.82, 2.24) is 9.80 Å². The number of hydrogen-bond donors (Lipinski definition) is 1. The number of amides is 3. The molecule has 0 spiro atoms. The third kappa shape index (κ3) is 5.09. The number of rotatable bonds is 11. The molecule has 1 aromatic rings. The molecule has 3 amide bonds. The van der Waals surface area contributed by atoms with E-state index in [1.807, 2.05) is 12.1 Å². The van der Waals surface area contributed by atoms with Gasteiger partial charge in [-0.05, 0) is 42.9 Å². The molecule has 6 nitrogen and oxygen atoms in total. The molecule has 30 heavy (non-hydrogen) atoms. The maximum atomic E-state index is 13.0. The molecule has 0 aromatic heterocycles. The number of hydrogen-bond acceptors (Lipinski definition) is 4. The number of piperidine rings is 1. The normalized spacial score (nSPS) is 19.0. The van der Waals surface area contributed by atoms with Crippen molar-refractivity contribution in [2.45, 2.75) is 83.2 Å². The number of carbonyl (C=O) groups is 3. The van der Waals surface area contributed by atoms with Crippen molar-refractivity contribution in [3.8, 4) is 0 Å². The minimum atomic E-state index is -0.536. The number of unbranched alkanes of at least 4 members (excludes halogenated alkanes) is 7. The lowest BCUT2D eigenvalue weighted by Crippen LogP contribution is -2.53. The summed E-state index contributed by atoms with van der Waals surface area (Å²) in [6.45, 7) is 0.763. The van der Waals surface area contributed by atoms with E-state index < -0.39 is 6.04 Å². The highest BCUT2D eigenvalue weighted by Crippen LogP contribution is 2.31. The third-order valence-electron chi connectivity index (χ3n) is 6.44. The van der Waals surface area contributed by atoms with Gasteiger partial charge in [0.15, 0.2) is 0 Å². The van der Waals surface area contributed by atoms with Crippen LogP contribution in [0.3, 0.4) is 0 Å². The second-order valence-electron chi connectivity index (χ2n) is 8.52. The summed E-state index contributed by atoms with van der Waals surface area (Å²) in [6, 6.07) is 5.36. The molecule has 1 unspecified atom stereocenters. The smallest absolute Gasteiger partial charge is 0.255 e. The van der Waals surface area contributed by atoms with Crippen molar-refractivity contribution in [1.29, 1.82) is 0 Å². The Kier molecular flexibility index (Phi) is 8.02. The Hall–Kier alpha value is -2.21. The van der Waals surface area contributed by atoms with Crippen LogP contribution in [0.5, 0.6) is 0 Å². The van der Waals surface area contributed by atoms with Crippen molar-refractivity contribution in [2.24, 2.45) is 0 Å². The number of aliphatic hydroxyl groups is 1. The predicted molar refractivity (Wildman–Crippen MR) is 115 cm³/mol. The van der Waals surface area contributed by atoms with Crippen LogP contribution in [0, 0.1) is 0 Å². The molecule has 2 aliphatic rings. The highest BCUT2D eigenvalue weighted by Gasteiger charge is 2.41. The fourth-order valence-corrected chi connectivity index (χ4v) is 4.58. The van der Waals surface area contributed by atoms with E-state index in [9.17, 15) is 14.4 Å². The van der Waals surface area contributed by atoms with Crippen LogP contribution in [0.15, 0.2) is 18.2 Å². The maximum Gasteiger partial charge on any atom is 0.255 e. The van der Waals surface area contributed by atoms with Gasteiger partial charge >= 0.3 is 0 Å². The third-order valence-corrected chi connectivity index (χ3v) is 6.44. The van der Waals surface area contributed by atoms with Crippen LogP contribution in [0.4, 0.5) is 0 Å². The summed E-state index contributed by atoms with van der Waals surface area (Å²) in [5.41, 5.74) is 2.97. The minimum Gasteiger partial charge on any atom is -0.396 e. The molecule has 0 saturated carbocycles. The second-order valence-corrected chi connectivity index (χ2v) is 8.52. The fourth-order valence-electron chi connectivity index (χ4n) is 4.58. The van der Waals surface area contributed by atoms with Gasteiger partial charge in [-0.3, -0.25) is 19.3 Å². The van der Waals surface area contributed by atoms with Crippen LogP contribution in [-0.4, -0.2) is 52.3 Å². The van der Waals surface area contributed by atoms with Gasteiger partial charge in [-0.1, -0.05) is 50.7 Å². The monoisotopic (exact) mass is 414 g/mol. The van der Waals surface area contributed by atoms with Gasteiger partial charge in [0.1, 0.15) is 6.04 Å². The lowest BCUT2D eigenvalue weighted by atomic mass is 9.98. The number of aryl methyl sites for hydroxylation is 1. The minimum absolute atomic E-state index is 0.0872. The molecular weight excluding hydrogens is 380 g/mol. The van der Waals surface area contributed by atoms with Crippen LogP contribution in [-0.2, 0) is 22.6 Å². The topological polar surface area (TPSA) is 77.9 Å². The molecule has 3 rings (SSSR count). The van der Waals surface area contributed by atoms with E-state index in [-0.39, 0.29) is 17.7 Å².